The Kier molecular flexibility index (Phi) is 6.26. The van der Waals surface area contributed by atoms with Gasteiger partial charge in [0.25, 0.3) is 15.9 Å². The van der Waals surface area contributed by atoms with Gasteiger partial charge in [-0.1, -0.05) is 36.8 Å². The second-order valence-corrected chi connectivity index (χ2v) is 7.99. The fourth-order valence-electron chi connectivity index (χ4n) is 2.83. The number of hydrogen-bond donors (Lipinski definition) is 2. The van der Waals surface area contributed by atoms with Crippen LogP contribution < -0.4 is 10.1 Å². The van der Waals surface area contributed by atoms with E-state index in [1.165, 1.54) is 12.5 Å². The number of anilines is 1. The molecule has 3 rings (SSSR count). The SMILES string of the molecule is O=C(NN1CCCCC1)c1ccc(NS(=O)(=O)/C=C/c2ccccc2)cc1. The van der Waals surface area contributed by atoms with Crippen LogP contribution in [0.3, 0.4) is 0 Å². The summed E-state index contributed by atoms with van der Waals surface area (Å²) in [4.78, 5) is 12.3. The van der Waals surface area contributed by atoms with E-state index in [-0.39, 0.29) is 5.91 Å². The van der Waals surface area contributed by atoms with Crippen LogP contribution in [0.25, 0.3) is 6.08 Å². The highest BCUT2D eigenvalue weighted by atomic mass is 32.2. The summed E-state index contributed by atoms with van der Waals surface area (Å²) in [5.74, 6) is -0.185. The Labute approximate surface area is 159 Å². The minimum Gasteiger partial charge on any atom is -0.285 e. The first kappa shape index (κ1) is 19.1. The summed E-state index contributed by atoms with van der Waals surface area (Å²) in [6.07, 6.45) is 4.89. The summed E-state index contributed by atoms with van der Waals surface area (Å²) in [5.41, 5.74) is 4.58. The quantitative estimate of drug-likeness (QED) is 0.800. The molecule has 7 heteroatoms. The Morgan fingerprint density at radius 1 is 0.926 bits per heavy atom. The van der Waals surface area contributed by atoms with Gasteiger partial charge in [-0.05, 0) is 48.7 Å². The first-order chi connectivity index (χ1) is 13.0. The summed E-state index contributed by atoms with van der Waals surface area (Å²) >= 11 is 0. The Bertz CT molecular complexity index is 888. The van der Waals surface area contributed by atoms with Crippen molar-refractivity contribution in [2.45, 2.75) is 19.3 Å². The molecule has 0 aliphatic carbocycles. The number of piperidine rings is 1. The van der Waals surface area contributed by atoms with Crippen LogP contribution >= 0.6 is 0 Å². The predicted octanol–water partition coefficient (Wildman–Crippen LogP) is 3.23. The van der Waals surface area contributed by atoms with E-state index >= 15 is 0 Å². The highest BCUT2D eigenvalue weighted by Gasteiger charge is 2.14. The molecule has 0 atom stereocenters. The third-order valence-corrected chi connectivity index (χ3v) is 5.28. The number of carbonyl (C=O) groups excluding carboxylic acids is 1. The number of sulfonamides is 1. The lowest BCUT2D eigenvalue weighted by molar-refractivity contribution is 0.0750. The fraction of sp³-hybridized carbons (Fsp3) is 0.250. The molecule has 1 aliphatic heterocycles. The van der Waals surface area contributed by atoms with Gasteiger partial charge in [0.15, 0.2) is 0 Å². The highest BCUT2D eigenvalue weighted by molar-refractivity contribution is 7.95. The van der Waals surface area contributed by atoms with Crippen LogP contribution in [0, 0.1) is 0 Å². The number of nitrogens with zero attached hydrogens (tertiary/aromatic N) is 1. The third kappa shape index (κ3) is 5.94. The minimum absolute atomic E-state index is 0.185. The zero-order valence-electron chi connectivity index (χ0n) is 15.0. The van der Waals surface area contributed by atoms with E-state index in [1.54, 1.807) is 24.3 Å². The molecular formula is C20H23N3O3S. The molecule has 1 fully saturated rings. The van der Waals surface area contributed by atoms with Crippen molar-refractivity contribution in [1.29, 1.82) is 0 Å². The number of benzene rings is 2. The lowest BCUT2D eigenvalue weighted by atomic mass is 10.1. The molecule has 0 radical (unpaired) electrons. The Morgan fingerprint density at radius 3 is 2.26 bits per heavy atom. The highest BCUT2D eigenvalue weighted by Crippen LogP contribution is 2.14. The molecule has 142 valence electrons. The van der Waals surface area contributed by atoms with Gasteiger partial charge in [-0.2, -0.15) is 0 Å². The summed E-state index contributed by atoms with van der Waals surface area (Å²) in [7, 11) is -3.63. The molecule has 0 bridgehead atoms. The van der Waals surface area contributed by atoms with Crippen molar-refractivity contribution in [3.63, 3.8) is 0 Å². The van der Waals surface area contributed by atoms with Crippen molar-refractivity contribution in [2.24, 2.45) is 0 Å². The topological polar surface area (TPSA) is 78.5 Å². The molecule has 0 aromatic heterocycles. The van der Waals surface area contributed by atoms with Crippen molar-refractivity contribution >= 4 is 27.7 Å². The number of hydrogen-bond acceptors (Lipinski definition) is 4. The van der Waals surface area contributed by atoms with E-state index in [2.05, 4.69) is 10.1 Å². The van der Waals surface area contributed by atoms with Gasteiger partial charge in [-0.25, -0.2) is 13.4 Å². The van der Waals surface area contributed by atoms with Gasteiger partial charge in [0, 0.05) is 24.3 Å². The summed E-state index contributed by atoms with van der Waals surface area (Å²) < 4.78 is 26.8. The molecule has 2 N–H and O–H groups in total. The van der Waals surface area contributed by atoms with Gasteiger partial charge >= 0.3 is 0 Å². The molecule has 0 unspecified atom stereocenters. The number of nitrogens with one attached hydrogen (secondary N) is 2. The summed E-state index contributed by atoms with van der Waals surface area (Å²) in [6.45, 7) is 1.72. The normalized spacial score (nSPS) is 15.6. The van der Waals surface area contributed by atoms with Gasteiger partial charge < -0.3 is 0 Å². The van der Waals surface area contributed by atoms with Crippen LogP contribution in [0.4, 0.5) is 5.69 Å². The predicted molar refractivity (Wildman–Crippen MR) is 107 cm³/mol. The second-order valence-electron chi connectivity index (χ2n) is 6.43. The van der Waals surface area contributed by atoms with Crippen LogP contribution in [0.1, 0.15) is 35.2 Å². The molecule has 2 aromatic carbocycles. The van der Waals surface area contributed by atoms with Crippen molar-refractivity contribution in [3.8, 4) is 0 Å². The zero-order chi connectivity index (χ0) is 19.1. The summed E-state index contributed by atoms with van der Waals surface area (Å²) in [5, 5.41) is 3.05. The van der Waals surface area contributed by atoms with E-state index in [0.29, 0.717) is 11.3 Å². The lowest BCUT2D eigenvalue weighted by Crippen LogP contribution is -2.45. The molecular weight excluding hydrogens is 362 g/mol. The Balaban J connectivity index is 1.59. The molecule has 6 nitrogen and oxygen atoms in total. The fourth-order valence-corrected chi connectivity index (χ4v) is 3.70. The first-order valence-corrected chi connectivity index (χ1v) is 10.5. The monoisotopic (exact) mass is 385 g/mol. The average molecular weight is 385 g/mol. The zero-order valence-corrected chi connectivity index (χ0v) is 15.8. The maximum atomic E-state index is 12.3. The molecule has 1 amide bonds. The number of carbonyl (C=O) groups is 1. The van der Waals surface area contributed by atoms with Crippen LogP contribution in [0.5, 0.6) is 0 Å². The molecule has 0 spiro atoms. The van der Waals surface area contributed by atoms with E-state index in [1.807, 2.05) is 35.3 Å². The van der Waals surface area contributed by atoms with Crippen molar-refractivity contribution in [3.05, 3.63) is 71.1 Å². The Morgan fingerprint density at radius 2 is 1.59 bits per heavy atom. The molecule has 0 saturated carbocycles. The van der Waals surface area contributed by atoms with Crippen molar-refractivity contribution < 1.29 is 13.2 Å². The number of rotatable bonds is 6. The van der Waals surface area contributed by atoms with Gasteiger partial charge in [0.1, 0.15) is 0 Å². The van der Waals surface area contributed by atoms with Gasteiger partial charge in [-0.15, -0.1) is 0 Å². The summed E-state index contributed by atoms with van der Waals surface area (Å²) in [6, 6.07) is 15.6. The molecule has 2 aromatic rings. The van der Waals surface area contributed by atoms with Crippen LogP contribution in [0.2, 0.25) is 0 Å². The van der Waals surface area contributed by atoms with Gasteiger partial charge in [-0.3, -0.25) is 14.9 Å². The molecule has 27 heavy (non-hydrogen) atoms. The molecule has 1 heterocycles. The third-order valence-electron chi connectivity index (χ3n) is 4.26. The van der Waals surface area contributed by atoms with E-state index in [4.69, 9.17) is 0 Å². The minimum atomic E-state index is -3.63. The standard InChI is InChI=1S/C20H23N3O3S/c24-20(21-23-14-5-2-6-15-23)18-9-11-19(12-10-18)22-27(25,26)16-13-17-7-3-1-4-8-17/h1,3-4,7-13,16,22H,2,5-6,14-15H2,(H,21,24)/b16-13+. The number of hydrazine groups is 1. The first-order valence-electron chi connectivity index (χ1n) is 8.94. The van der Waals surface area contributed by atoms with Crippen LogP contribution in [-0.2, 0) is 10.0 Å². The number of amides is 1. The maximum absolute atomic E-state index is 12.3. The average Bonchev–Trinajstić information content (AvgIpc) is 2.68. The van der Waals surface area contributed by atoms with Crippen LogP contribution in [-0.4, -0.2) is 32.4 Å². The maximum Gasteiger partial charge on any atom is 0.265 e. The van der Waals surface area contributed by atoms with E-state index < -0.39 is 10.0 Å². The molecule has 1 saturated heterocycles. The lowest BCUT2D eigenvalue weighted by Gasteiger charge is -2.26. The van der Waals surface area contributed by atoms with Crippen molar-refractivity contribution in [2.75, 3.05) is 17.8 Å². The van der Waals surface area contributed by atoms with Gasteiger partial charge in [0.2, 0.25) is 0 Å². The van der Waals surface area contributed by atoms with Crippen LogP contribution in [0.15, 0.2) is 60.0 Å². The van der Waals surface area contributed by atoms with E-state index in [0.717, 1.165) is 36.9 Å². The molecule has 1 aliphatic rings. The largest absolute Gasteiger partial charge is 0.285 e. The van der Waals surface area contributed by atoms with Gasteiger partial charge in [0.05, 0.1) is 5.41 Å². The van der Waals surface area contributed by atoms with E-state index in [9.17, 15) is 13.2 Å². The van der Waals surface area contributed by atoms with Crippen molar-refractivity contribution in [1.82, 2.24) is 10.4 Å². The Hall–Kier alpha value is -2.64. The smallest absolute Gasteiger partial charge is 0.265 e. The second kappa shape index (κ2) is 8.83.